The molecule has 0 saturated carbocycles. The van der Waals surface area contributed by atoms with Crippen LogP contribution in [0.3, 0.4) is 0 Å². The van der Waals surface area contributed by atoms with Crippen LogP contribution in [0.2, 0.25) is 0 Å². The molecule has 0 aliphatic rings. The van der Waals surface area contributed by atoms with Gasteiger partial charge in [0.25, 0.3) is 0 Å². The molecular formula is C2F3Rf-. The molecule has 0 atom stereocenters. The van der Waals surface area contributed by atoms with Crippen molar-refractivity contribution in [3.63, 3.8) is 0 Å². The van der Waals surface area contributed by atoms with Gasteiger partial charge in [-0.2, -0.15) is 0 Å². The van der Waals surface area contributed by atoms with Crippen molar-refractivity contribution in [3.8, 4) is 0 Å². The standard InChI is InChI=1S/C2F3.Rf/c3-1-2(4)5;/q-1;. The molecule has 0 unspecified atom stereocenters. The maximum atomic E-state index is 10.2. The van der Waals surface area contributed by atoms with Gasteiger partial charge in [-0.3, -0.25) is 0 Å². The predicted molar refractivity (Wildman–Crippen MR) is 10.1 cm³/mol. The molecule has 0 saturated heterocycles. The second-order valence-corrected chi connectivity index (χ2v) is 0.355. The van der Waals surface area contributed by atoms with Crippen molar-refractivity contribution >= 4 is 0 Å². The zero-order valence-electron chi connectivity index (χ0n) is 2.84. The summed E-state index contributed by atoms with van der Waals surface area (Å²) in [6.07, 6.45) is -2.30. The molecule has 6 heavy (non-hydrogen) atoms. The van der Waals surface area contributed by atoms with E-state index in [4.69, 9.17) is 0 Å². The van der Waals surface area contributed by atoms with Gasteiger partial charge in [-0.1, -0.05) is 0 Å². The third kappa shape index (κ3) is 21.1. The molecule has 0 aromatic heterocycles. The molecule has 0 aromatic rings. The van der Waals surface area contributed by atoms with Crippen LogP contribution in [-0.2, 0) is 0 Å². The Bertz CT molecular complexity index is 46.8. The van der Waals surface area contributed by atoms with Gasteiger partial charge in [0.1, 0.15) is 6.08 Å². The van der Waals surface area contributed by atoms with E-state index in [9.17, 15) is 13.2 Å². The SMILES string of the molecule is F[C-]=C(F)F.[Rf]. The summed E-state index contributed by atoms with van der Waals surface area (Å²) >= 11 is 0. The van der Waals surface area contributed by atoms with Gasteiger partial charge >= 0.3 is 0 Å². The largest absolute Gasteiger partial charge is 0.453 e. The molecule has 0 rings (SSSR count). The molecule has 0 aliphatic heterocycles. The van der Waals surface area contributed by atoms with E-state index >= 15 is 0 Å². The monoisotopic (exact) mass is 348 g/mol. The number of halogens is 3. The molecule has 0 aliphatic carbocycles. The van der Waals surface area contributed by atoms with Crippen molar-refractivity contribution in [2.45, 2.75) is 0 Å². The van der Waals surface area contributed by atoms with E-state index in [1.807, 2.05) is 0 Å². The van der Waals surface area contributed by atoms with Crippen molar-refractivity contribution in [3.05, 3.63) is 12.4 Å². The first-order chi connectivity index (χ1) is 2.27. The van der Waals surface area contributed by atoms with Crippen LogP contribution in [0.1, 0.15) is 0 Å². The van der Waals surface area contributed by atoms with Crippen LogP contribution in [-0.4, -0.2) is 0 Å². The summed E-state index contributed by atoms with van der Waals surface area (Å²) in [6.45, 7) is 0. The van der Waals surface area contributed by atoms with E-state index in [0.29, 0.717) is 0 Å². The van der Waals surface area contributed by atoms with Crippen molar-refractivity contribution in [2.24, 2.45) is 0 Å². The Kier molecular flexibility index (Phi) is 5.19. The van der Waals surface area contributed by atoms with E-state index in [2.05, 4.69) is 0 Å². The maximum absolute atomic E-state index is 10.2. The van der Waals surface area contributed by atoms with Crippen LogP contribution in [0, 0.1) is 6.33 Å². The Balaban J connectivity index is 0. The van der Waals surface area contributed by atoms with E-state index in [-0.39, 0.29) is 6.33 Å². The molecule has 0 nitrogen and oxygen atoms in total. The number of hydrogen-bond donors (Lipinski definition) is 0. The van der Waals surface area contributed by atoms with E-state index in [0.717, 1.165) is 0 Å². The van der Waals surface area contributed by atoms with Crippen LogP contribution < -0.4 is 0 Å². The quantitative estimate of drug-likeness (QED) is 0.582. The third-order valence-corrected chi connectivity index (χ3v) is 0.0714. The van der Waals surface area contributed by atoms with Crippen LogP contribution in [0.25, 0.3) is 0 Å². The van der Waals surface area contributed by atoms with Crippen molar-refractivity contribution < 1.29 is 13.2 Å². The summed E-state index contributed by atoms with van der Waals surface area (Å²) in [4.78, 5) is 0. The van der Waals surface area contributed by atoms with Gasteiger partial charge in [0, 0.05) is 0 Å². The van der Waals surface area contributed by atoms with Gasteiger partial charge in [-0.25, -0.2) is 15.1 Å². The minimum absolute atomic E-state index is 0. The normalized spacial score (nSPS) is 5.83. The molecule has 0 fully saturated rings. The first-order valence-corrected chi connectivity index (χ1v) is 0.817. The Hall–Kier alpha value is -1.47. The zero-order chi connectivity index (χ0) is 4.28. The molecule has 0 N–H and O–H groups in total. The third-order valence-electron chi connectivity index (χ3n) is 0.0714. The van der Waals surface area contributed by atoms with Crippen LogP contribution in [0.4, 0.5) is 13.2 Å². The van der Waals surface area contributed by atoms with Crippen molar-refractivity contribution in [2.75, 3.05) is 0 Å². The van der Waals surface area contributed by atoms with Gasteiger partial charge in [0.05, 0.1) is 0 Å². The van der Waals surface area contributed by atoms with Crippen LogP contribution in [0.15, 0.2) is 6.08 Å². The van der Waals surface area contributed by atoms with Crippen molar-refractivity contribution in [1.82, 2.24) is 0 Å². The Morgan fingerprint density at radius 3 is 1.50 bits per heavy atom. The molecule has 32 valence electrons. The molecule has 0 radical (unpaired) electrons. The van der Waals surface area contributed by atoms with Gasteiger partial charge in [-0.05, 0) is 0 Å². The van der Waals surface area contributed by atoms with Crippen LogP contribution in [0.5, 0.6) is 0 Å². The second-order valence-electron chi connectivity index (χ2n) is 0.355. The molecule has 0 amide bonds. The maximum Gasteiger partial charge on any atom is 0.120 e. The minimum atomic E-state index is -2.41. The second kappa shape index (κ2) is 3.53. The zero-order valence-corrected chi connectivity index (χ0v) is 9.24. The summed E-state index contributed by atoms with van der Waals surface area (Å²) < 4.78 is 30.5. The van der Waals surface area contributed by atoms with Gasteiger partial charge in [0.2, 0.25) is 0 Å². The predicted octanol–water partition coefficient (Wildman–Crippen LogP) is 1.50. The fourth-order valence-electron chi connectivity index (χ4n) is 0. The van der Waals surface area contributed by atoms with Gasteiger partial charge in [-0.15, -0.1) is 0 Å². The summed E-state index contributed by atoms with van der Waals surface area (Å²) in [5, 5.41) is 0. The fraction of sp³-hybridized carbons (Fsp3) is 0. The molecule has 0 spiro atoms. The molecule has 4 heteroatoms. The first kappa shape index (κ1) is 8.82. The number of hydrogen-bond acceptors (Lipinski definition) is 0. The number of rotatable bonds is 0. The summed E-state index contributed by atoms with van der Waals surface area (Å²) in [6, 6.07) is 0. The average molecular weight is 348 g/mol. The molecular weight excluding hydrogens is 348 g/mol. The topological polar surface area (TPSA) is 0 Å². The van der Waals surface area contributed by atoms with Gasteiger partial charge < -0.3 is 4.39 Å². The van der Waals surface area contributed by atoms with E-state index < -0.39 is 6.08 Å². The summed E-state index contributed by atoms with van der Waals surface area (Å²) in [7, 11) is 0. The van der Waals surface area contributed by atoms with E-state index in [1.54, 1.807) is 0 Å². The van der Waals surface area contributed by atoms with Gasteiger partial charge in [0.15, 0.2) is 0 Å². The Labute approximate surface area is 26.9 Å². The Morgan fingerprint density at radius 2 is 1.50 bits per heavy atom. The molecule has 0 heterocycles. The smallest absolute Gasteiger partial charge is 0.120 e. The van der Waals surface area contributed by atoms with Crippen LogP contribution >= 0.6 is 0 Å². The summed E-state index contributed by atoms with van der Waals surface area (Å²) in [5.41, 5.74) is 0. The minimum Gasteiger partial charge on any atom is -0.453 e. The summed E-state index contributed by atoms with van der Waals surface area (Å²) in [5.74, 6) is 0. The molecule has 0 bridgehead atoms. The fourth-order valence-corrected chi connectivity index (χ4v) is 0. The Morgan fingerprint density at radius 1 is 1.33 bits per heavy atom. The van der Waals surface area contributed by atoms with Crippen molar-refractivity contribution in [1.29, 1.82) is 0 Å². The first-order valence-electron chi connectivity index (χ1n) is 0.817. The van der Waals surface area contributed by atoms with E-state index in [1.165, 1.54) is 0 Å². The average Bonchev–Trinajstić information content (AvgIpc) is 1.38. The molecule has 0 aromatic carbocycles.